The predicted octanol–water partition coefficient (Wildman–Crippen LogP) is 6.12. The minimum absolute atomic E-state index is 0.112. The molecule has 0 spiro atoms. The molecule has 2 fully saturated rings. The van der Waals surface area contributed by atoms with Gasteiger partial charge in [-0.05, 0) is 36.8 Å². The summed E-state index contributed by atoms with van der Waals surface area (Å²) in [5.74, 6) is 0.709. The van der Waals surface area contributed by atoms with E-state index < -0.39 is 0 Å². The average molecular weight is 463 g/mol. The molecule has 4 heteroatoms. The van der Waals surface area contributed by atoms with E-state index in [9.17, 15) is 0 Å². The first-order valence-electron chi connectivity index (χ1n) is 12.5. The highest BCUT2D eigenvalue weighted by atomic mass is 16.6. The van der Waals surface area contributed by atoms with E-state index in [0.717, 1.165) is 25.7 Å². The summed E-state index contributed by atoms with van der Waals surface area (Å²) in [6.45, 7) is 10.5. The summed E-state index contributed by atoms with van der Waals surface area (Å²) in [5.41, 5.74) is 2.38. The second kappa shape index (κ2) is 13.0. The van der Waals surface area contributed by atoms with Gasteiger partial charge in [-0.1, -0.05) is 72.8 Å². The van der Waals surface area contributed by atoms with Crippen LogP contribution in [0.1, 0.15) is 36.8 Å². The third-order valence-corrected chi connectivity index (χ3v) is 7.00. The van der Waals surface area contributed by atoms with Crippen molar-refractivity contribution < 1.29 is 18.9 Å². The van der Waals surface area contributed by atoms with E-state index in [1.165, 1.54) is 11.1 Å². The summed E-state index contributed by atoms with van der Waals surface area (Å²) in [5, 5.41) is 0. The molecule has 4 nitrogen and oxygen atoms in total. The van der Waals surface area contributed by atoms with Crippen LogP contribution in [0.2, 0.25) is 0 Å². The minimum atomic E-state index is 0.112. The molecule has 6 atom stereocenters. The lowest BCUT2D eigenvalue weighted by Crippen LogP contribution is -2.28. The predicted molar refractivity (Wildman–Crippen MR) is 135 cm³/mol. The SMILES string of the molecule is C=CC[C@H](OCc1ccccc1)[C@@H]1CO[C@H]([C@@H]2C[C@H]([C@@H](CC=C)OCc3ccccc3)CO2)C1. The lowest BCUT2D eigenvalue weighted by Gasteiger charge is -2.23. The molecule has 182 valence electrons. The van der Waals surface area contributed by atoms with Gasteiger partial charge < -0.3 is 18.9 Å². The third-order valence-electron chi connectivity index (χ3n) is 7.00. The van der Waals surface area contributed by atoms with Crippen LogP contribution in [0.4, 0.5) is 0 Å². The lowest BCUT2D eigenvalue weighted by molar-refractivity contribution is -0.0246. The van der Waals surface area contributed by atoms with Gasteiger partial charge in [0.15, 0.2) is 0 Å². The molecule has 2 aromatic rings. The van der Waals surface area contributed by atoms with Gasteiger partial charge >= 0.3 is 0 Å². The zero-order valence-electron chi connectivity index (χ0n) is 20.1. The Hall–Kier alpha value is -2.24. The number of hydrogen-bond acceptors (Lipinski definition) is 4. The fourth-order valence-electron chi connectivity index (χ4n) is 5.08. The van der Waals surface area contributed by atoms with Crippen LogP contribution >= 0.6 is 0 Å². The molecule has 0 amide bonds. The molecule has 0 radical (unpaired) electrons. The van der Waals surface area contributed by atoms with Gasteiger partial charge in [-0.25, -0.2) is 0 Å². The van der Waals surface area contributed by atoms with E-state index in [1.807, 2.05) is 48.6 Å². The standard InChI is InChI=1S/C30H38O4/c1-3-11-27(31-19-23-13-7-5-8-14-23)25-17-29(33-21-25)30-18-26(22-34-30)28(12-4-2)32-20-24-15-9-6-10-16-24/h3-10,13-16,25-30H,1-2,11-12,17-22H2/t25-,26-,27-,28+,29-,30-/m0/s1. The number of rotatable bonds is 13. The monoisotopic (exact) mass is 462 g/mol. The highest BCUT2D eigenvalue weighted by Crippen LogP contribution is 2.36. The molecule has 0 aliphatic carbocycles. The second-order valence-corrected chi connectivity index (χ2v) is 9.45. The highest BCUT2D eigenvalue weighted by Gasteiger charge is 2.41. The molecule has 2 aromatic carbocycles. The van der Waals surface area contributed by atoms with Crippen LogP contribution in [-0.4, -0.2) is 37.6 Å². The van der Waals surface area contributed by atoms with Crippen molar-refractivity contribution in [3.05, 3.63) is 97.1 Å². The quantitative estimate of drug-likeness (QED) is 0.336. The van der Waals surface area contributed by atoms with Gasteiger partial charge in [0.1, 0.15) is 0 Å². The molecule has 0 bridgehead atoms. The highest BCUT2D eigenvalue weighted by molar-refractivity contribution is 5.14. The summed E-state index contributed by atoms with van der Waals surface area (Å²) >= 11 is 0. The third kappa shape index (κ3) is 6.89. The first-order chi connectivity index (χ1) is 16.8. The Labute approximate surface area is 204 Å². The molecule has 34 heavy (non-hydrogen) atoms. The molecule has 2 saturated heterocycles. The summed E-state index contributed by atoms with van der Waals surface area (Å²) in [6.07, 6.45) is 7.94. The fraction of sp³-hybridized carbons (Fsp3) is 0.467. The molecule has 2 heterocycles. The summed E-state index contributed by atoms with van der Waals surface area (Å²) in [4.78, 5) is 0. The molecule has 0 unspecified atom stereocenters. The van der Waals surface area contributed by atoms with Crippen molar-refractivity contribution in [2.45, 2.75) is 63.3 Å². The van der Waals surface area contributed by atoms with Crippen LogP contribution in [0.25, 0.3) is 0 Å². The maximum atomic E-state index is 6.31. The molecular formula is C30H38O4. The van der Waals surface area contributed by atoms with Crippen molar-refractivity contribution in [1.29, 1.82) is 0 Å². The van der Waals surface area contributed by atoms with Crippen molar-refractivity contribution in [3.8, 4) is 0 Å². The van der Waals surface area contributed by atoms with Gasteiger partial charge in [-0.3, -0.25) is 0 Å². The Morgan fingerprint density at radius 1 is 0.706 bits per heavy atom. The van der Waals surface area contributed by atoms with Gasteiger partial charge in [0.05, 0.1) is 50.8 Å². The van der Waals surface area contributed by atoms with E-state index in [4.69, 9.17) is 18.9 Å². The van der Waals surface area contributed by atoms with Crippen molar-refractivity contribution in [2.24, 2.45) is 11.8 Å². The Kier molecular flexibility index (Phi) is 9.52. The van der Waals surface area contributed by atoms with E-state index in [0.29, 0.717) is 38.3 Å². The largest absolute Gasteiger partial charge is 0.375 e. The van der Waals surface area contributed by atoms with Crippen LogP contribution in [0.15, 0.2) is 86.0 Å². The molecule has 0 N–H and O–H groups in total. The van der Waals surface area contributed by atoms with Crippen LogP contribution in [0, 0.1) is 11.8 Å². The molecule has 0 aromatic heterocycles. The van der Waals surface area contributed by atoms with Crippen molar-refractivity contribution >= 4 is 0 Å². The molecule has 2 aliphatic rings. The normalized spacial score (nSPS) is 26.2. The van der Waals surface area contributed by atoms with Gasteiger partial charge in [0.25, 0.3) is 0 Å². The van der Waals surface area contributed by atoms with Gasteiger partial charge in [-0.15, -0.1) is 13.2 Å². The second-order valence-electron chi connectivity index (χ2n) is 9.45. The first kappa shape index (κ1) is 24.9. The maximum Gasteiger partial charge on any atom is 0.0841 e. The Balaban J connectivity index is 1.28. The first-order valence-corrected chi connectivity index (χ1v) is 12.5. The number of ether oxygens (including phenoxy) is 4. The molecule has 0 saturated carbocycles. The van der Waals surface area contributed by atoms with E-state index in [2.05, 4.69) is 37.4 Å². The number of benzene rings is 2. The van der Waals surface area contributed by atoms with E-state index >= 15 is 0 Å². The van der Waals surface area contributed by atoms with Crippen LogP contribution in [0.3, 0.4) is 0 Å². The Morgan fingerprint density at radius 3 is 1.50 bits per heavy atom. The summed E-state index contributed by atoms with van der Waals surface area (Å²) in [7, 11) is 0. The van der Waals surface area contributed by atoms with Crippen molar-refractivity contribution in [2.75, 3.05) is 13.2 Å². The van der Waals surface area contributed by atoms with Crippen molar-refractivity contribution in [1.82, 2.24) is 0 Å². The number of hydrogen-bond donors (Lipinski definition) is 0. The fourth-order valence-corrected chi connectivity index (χ4v) is 5.08. The van der Waals surface area contributed by atoms with E-state index in [1.54, 1.807) is 0 Å². The maximum absolute atomic E-state index is 6.31. The smallest absolute Gasteiger partial charge is 0.0841 e. The Morgan fingerprint density at radius 2 is 1.12 bits per heavy atom. The minimum Gasteiger partial charge on any atom is -0.375 e. The average Bonchev–Trinajstić information content (AvgIpc) is 3.56. The van der Waals surface area contributed by atoms with Crippen LogP contribution in [-0.2, 0) is 32.2 Å². The summed E-state index contributed by atoms with van der Waals surface area (Å²) in [6, 6.07) is 20.7. The van der Waals surface area contributed by atoms with Crippen molar-refractivity contribution in [3.63, 3.8) is 0 Å². The van der Waals surface area contributed by atoms with Crippen LogP contribution < -0.4 is 0 Å². The van der Waals surface area contributed by atoms with Crippen LogP contribution in [0.5, 0.6) is 0 Å². The molecular weight excluding hydrogens is 424 g/mol. The zero-order valence-corrected chi connectivity index (χ0v) is 20.1. The summed E-state index contributed by atoms with van der Waals surface area (Å²) < 4.78 is 25.1. The lowest BCUT2D eigenvalue weighted by atomic mass is 9.91. The molecule has 2 aliphatic heterocycles. The zero-order chi connectivity index (χ0) is 23.6. The van der Waals surface area contributed by atoms with Gasteiger partial charge in [-0.2, -0.15) is 0 Å². The topological polar surface area (TPSA) is 36.9 Å². The molecule has 4 rings (SSSR count). The van der Waals surface area contributed by atoms with Gasteiger partial charge in [0, 0.05) is 11.8 Å². The van der Waals surface area contributed by atoms with E-state index in [-0.39, 0.29) is 24.4 Å². The van der Waals surface area contributed by atoms with Gasteiger partial charge in [0.2, 0.25) is 0 Å². The Bertz CT molecular complexity index is 794.